The molecule has 0 saturated carbocycles. The van der Waals surface area contributed by atoms with E-state index in [9.17, 15) is 0 Å². The summed E-state index contributed by atoms with van der Waals surface area (Å²) in [6, 6.07) is 3.89. The highest BCUT2D eigenvalue weighted by Crippen LogP contribution is 2.06. The second-order valence-electron chi connectivity index (χ2n) is 3.40. The Kier molecular flexibility index (Phi) is 1.80. The normalized spacial score (nSPS) is 11.8. The zero-order chi connectivity index (χ0) is 9.31. The molecule has 0 atom stereocenters. The van der Waals surface area contributed by atoms with Gasteiger partial charge in [-0.15, -0.1) is 0 Å². The second kappa shape index (κ2) is 2.84. The maximum Gasteiger partial charge on any atom is 0.303 e. The minimum atomic E-state index is -1.74. The average molecular weight is 192 g/mol. The molecule has 0 spiro atoms. The summed E-state index contributed by atoms with van der Waals surface area (Å²) < 4.78 is 4.03. The summed E-state index contributed by atoms with van der Waals surface area (Å²) in [7, 11) is -1.74. The van der Waals surface area contributed by atoms with E-state index in [4.69, 9.17) is 0 Å². The van der Waals surface area contributed by atoms with Crippen LogP contribution in [0.15, 0.2) is 36.9 Å². The smallest absolute Gasteiger partial charge is 0.278 e. The van der Waals surface area contributed by atoms with Crippen molar-refractivity contribution in [3.63, 3.8) is 0 Å². The van der Waals surface area contributed by atoms with Gasteiger partial charge in [-0.25, -0.2) is 0 Å². The molecule has 2 heterocycles. The second-order valence-corrected chi connectivity index (χ2v) is 7.30. The molecule has 0 aliphatic heterocycles. The third-order valence-corrected chi connectivity index (χ3v) is 4.90. The van der Waals surface area contributed by atoms with Crippen molar-refractivity contribution in [2.75, 3.05) is 0 Å². The van der Waals surface area contributed by atoms with Crippen molar-refractivity contribution in [1.82, 2.24) is 18.9 Å². The van der Waals surface area contributed by atoms with Crippen molar-refractivity contribution >= 4 is 8.40 Å². The van der Waals surface area contributed by atoms with Gasteiger partial charge >= 0.3 is 8.40 Å². The lowest BCUT2D eigenvalue weighted by Gasteiger charge is -2.22. The molecule has 0 saturated heterocycles. The fraction of sp³-hybridized carbons (Fsp3) is 0.250. The van der Waals surface area contributed by atoms with Crippen LogP contribution >= 0.6 is 0 Å². The molecule has 0 fully saturated rings. The minimum Gasteiger partial charge on any atom is -0.278 e. The zero-order valence-electron chi connectivity index (χ0n) is 7.75. The Balaban J connectivity index is 2.42. The molecule has 13 heavy (non-hydrogen) atoms. The molecule has 2 rings (SSSR count). The zero-order valence-corrected chi connectivity index (χ0v) is 8.75. The highest BCUT2D eigenvalue weighted by atomic mass is 28.3. The van der Waals surface area contributed by atoms with E-state index in [0.29, 0.717) is 0 Å². The summed E-state index contributed by atoms with van der Waals surface area (Å²) in [5.41, 5.74) is 0. The Morgan fingerprint density at radius 2 is 1.38 bits per heavy atom. The van der Waals surface area contributed by atoms with Gasteiger partial charge in [0, 0.05) is 24.8 Å². The van der Waals surface area contributed by atoms with E-state index in [1.807, 2.05) is 33.2 Å². The van der Waals surface area contributed by atoms with E-state index >= 15 is 0 Å². The van der Waals surface area contributed by atoms with Gasteiger partial charge in [0.15, 0.2) is 0 Å². The lowest BCUT2D eigenvalue weighted by atomic mass is 10.8. The summed E-state index contributed by atoms with van der Waals surface area (Å²) in [6.45, 7) is 4.40. The fourth-order valence-electron chi connectivity index (χ4n) is 1.29. The molecule has 0 aliphatic carbocycles. The Morgan fingerprint density at radius 1 is 0.923 bits per heavy atom. The van der Waals surface area contributed by atoms with Crippen LogP contribution in [0.4, 0.5) is 0 Å². The molecule has 5 heteroatoms. The maximum absolute atomic E-state index is 4.26. The molecule has 0 bridgehead atoms. The minimum absolute atomic E-state index is 1.74. The van der Waals surface area contributed by atoms with Gasteiger partial charge in [-0.2, -0.15) is 10.2 Å². The lowest BCUT2D eigenvalue weighted by molar-refractivity contribution is 0.822. The predicted octanol–water partition coefficient (Wildman–Crippen LogP) is 1.18. The third kappa shape index (κ3) is 1.31. The molecule has 0 N–H and O–H groups in total. The van der Waals surface area contributed by atoms with Gasteiger partial charge < -0.3 is 0 Å². The lowest BCUT2D eigenvalue weighted by Crippen LogP contribution is -2.45. The molecule has 0 aromatic carbocycles. The molecule has 0 radical (unpaired) electrons. The third-order valence-electron chi connectivity index (χ3n) is 2.13. The van der Waals surface area contributed by atoms with E-state index in [1.165, 1.54) is 0 Å². The van der Waals surface area contributed by atoms with Crippen LogP contribution in [-0.4, -0.2) is 27.3 Å². The van der Waals surface area contributed by atoms with Gasteiger partial charge in [-0.1, -0.05) is 0 Å². The number of rotatable bonds is 2. The molecular weight excluding hydrogens is 180 g/mol. The standard InChI is InChI=1S/C8H12N4Si/c1-13(2,11-7-3-5-9-11)12-8-4-6-10-12/h3-8H,1-2H3. The SMILES string of the molecule is C[Si](C)(n1cccn1)n1cccn1. The van der Waals surface area contributed by atoms with Crippen molar-refractivity contribution < 1.29 is 0 Å². The maximum atomic E-state index is 4.26. The van der Waals surface area contributed by atoms with Crippen LogP contribution in [0.25, 0.3) is 0 Å². The Hall–Kier alpha value is -1.36. The summed E-state index contributed by atoms with van der Waals surface area (Å²) in [6.07, 6.45) is 7.60. The summed E-state index contributed by atoms with van der Waals surface area (Å²) in [5, 5.41) is 8.52. The van der Waals surface area contributed by atoms with Crippen LogP contribution in [0.3, 0.4) is 0 Å². The van der Waals surface area contributed by atoms with E-state index in [2.05, 4.69) is 23.3 Å². The predicted molar refractivity (Wildman–Crippen MR) is 52.7 cm³/mol. The number of hydrogen-bond donors (Lipinski definition) is 0. The van der Waals surface area contributed by atoms with Gasteiger partial charge in [0.1, 0.15) is 0 Å². The van der Waals surface area contributed by atoms with Crippen LogP contribution in [0.5, 0.6) is 0 Å². The van der Waals surface area contributed by atoms with Crippen LogP contribution in [0.2, 0.25) is 13.1 Å². The summed E-state index contributed by atoms with van der Waals surface area (Å²) in [5.74, 6) is 0. The highest BCUT2D eigenvalue weighted by Gasteiger charge is 2.27. The van der Waals surface area contributed by atoms with Gasteiger partial charge in [-0.3, -0.25) is 8.69 Å². The number of nitrogens with zero attached hydrogens (tertiary/aromatic N) is 4. The van der Waals surface area contributed by atoms with Crippen molar-refractivity contribution in [2.45, 2.75) is 13.1 Å². The van der Waals surface area contributed by atoms with Crippen molar-refractivity contribution in [3.8, 4) is 0 Å². The molecule has 2 aromatic rings. The van der Waals surface area contributed by atoms with Crippen LogP contribution in [0.1, 0.15) is 0 Å². The van der Waals surface area contributed by atoms with Gasteiger partial charge in [-0.05, 0) is 25.2 Å². The van der Waals surface area contributed by atoms with Crippen molar-refractivity contribution in [2.24, 2.45) is 0 Å². The first-order valence-corrected chi connectivity index (χ1v) is 7.11. The first-order valence-electron chi connectivity index (χ1n) is 4.21. The quantitative estimate of drug-likeness (QED) is 0.670. The Bertz CT molecular complexity index is 327. The largest absolute Gasteiger partial charge is 0.303 e. The molecule has 2 aromatic heterocycles. The molecule has 4 nitrogen and oxygen atoms in total. The van der Waals surface area contributed by atoms with Crippen LogP contribution in [-0.2, 0) is 0 Å². The van der Waals surface area contributed by atoms with E-state index < -0.39 is 8.40 Å². The number of hydrogen-bond acceptors (Lipinski definition) is 2. The van der Waals surface area contributed by atoms with E-state index in [1.54, 1.807) is 12.4 Å². The van der Waals surface area contributed by atoms with Gasteiger partial charge in [0.25, 0.3) is 0 Å². The van der Waals surface area contributed by atoms with Crippen molar-refractivity contribution in [1.29, 1.82) is 0 Å². The molecule has 0 aliphatic rings. The van der Waals surface area contributed by atoms with Gasteiger partial charge in [0.2, 0.25) is 0 Å². The fourth-order valence-corrected chi connectivity index (χ4v) is 3.10. The van der Waals surface area contributed by atoms with Crippen LogP contribution in [0, 0.1) is 0 Å². The van der Waals surface area contributed by atoms with E-state index in [0.717, 1.165) is 0 Å². The van der Waals surface area contributed by atoms with Crippen LogP contribution < -0.4 is 0 Å². The van der Waals surface area contributed by atoms with Crippen molar-refractivity contribution in [3.05, 3.63) is 36.9 Å². The average Bonchev–Trinajstić information content (AvgIpc) is 2.78. The first-order chi connectivity index (χ1) is 6.21. The molecule has 68 valence electrons. The Labute approximate surface area is 78.0 Å². The monoisotopic (exact) mass is 192 g/mol. The van der Waals surface area contributed by atoms with E-state index in [-0.39, 0.29) is 0 Å². The summed E-state index contributed by atoms with van der Waals surface area (Å²) >= 11 is 0. The number of aromatic nitrogens is 4. The molecule has 0 unspecified atom stereocenters. The summed E-state index contributed by atoms with van der Waals surface area (Å²) in [4.78, 5) is 0. The molecular formula is C8H12N4Si. The first kappa shape index (κ1) is 8.24. The highest BCUT2D eigenvalue weighted by molar-refractivity contribution is 6.73. The van der Waals surface area contributed by atoms with Gasteiger partial charge in [0.05, 0.1) is 0 Å². The Morgan fingerprint density at radius 3 is 1.69 bits per heavy atom. The molecule has 0 amide bonds. The topological polar surface area (TPSA) is 35.6 Å².